The van der Waals surface area contributed by atoms with E-state index < -0.39 is 0 Å². The van der Waals surface area contributed by atoms with E-state index in [1.54, 1.807) is 18.2 Å². The molecule has 0 spiro atoms. The molecule has 0 unspecified atom stereocenters. The molecule has 2 aromatic rings. The third-order valence-corrected chi connectivity index (χ3v) is 3.21. The molecule has 1 heterocycles. The van der Waals surface area contributed by atoms with Crippen LogP contribution in [0.2, 0.25) is 5.02 Å². The quantitative estimate of drug-likeness (QED) is 0.846. The first-order valence-electron chi connectivity index (χ1n) is 5.25. The molecule has 0 aliphatic heterocycles. The van der Waals surface area contributed by atoms with Crippen LogP contribution in [0, 0.1) is 6.92 Å². The Kier molecular flexibility index (Phi) is 3.99. The number of hydrogen-bond donors (Lipinski definition) is 1. The minimum Gasteiger partial charge on any atom is -0.320 e. The number of carbonyl (C=O) groups is 1. The van der Waals surface area contributed by atoms with Gasteiger partial charge in [-0.2, -0.15) is 0 Å². The van der Waals surface area contributed by atoms with Crippen LogP contribution >= 0.6 is 27.5 Å². The van der Waals surface area contributed by atoms with E-state index in [1.165, 1.54) is 6.20 Å². The largest absolute Gasteiger partial charge is 0.320 e. The van der Waals surface area contributed by atoms with Crippen molar-refractivity contribution in [2.24, 2.45) is 0 Å². The summed E-state index contributed by atoms with van der Waals surface area (Å²) >= 11 is 9.09. The molecule has 1 aromatic carbocycles. The van der Waals surface area contributed by atoms with Crippen molar-refractivity contribution in [2.45, 2.75) is 6.92 Å². The smallest absolute Gasteiger partial charge is 0.255 e. The van der Waals surface area contributed by atoms with Crippen molar-refractivity contribution in [3.05, 3.63) is 57.3 Å². The van der Waals surface area contributed by atoms with E-state index in [0.29, 0.717) is 20.9 Å². The molecule has 0 aliphatic rings. The van der Waals surface area contributed by atoms with Crippen molar-refractivity contribution in [2.75, 3.05) is 5.32 Å². The maximum atomic E-state index is 12.0. The summed E-state index contributed by atoms with van der Waals surface area (Å²) < 4.78 is 0.548. The van der Waals surface area contributed by atoms with Crippen molar-refractivity contribution < 1.29 is 4.79 Å². The monoisotopic (exact) mass is 324 g/mol. The van der Waals surface area contributed by atoms with Gasteiger partial charge < -0.3 is 5.32 Å². The molecule has 18 heavy (non-hydrogen) atoms. The molecule has 0 bridgehead atoms. The van der Waals surface area contributed by atoms with Crippen molar-refractivity contribution >= 4 is 39.1 Å². The molecule has 3 nitrogen and oxygen atoms in total. The van der Waals surface area contributed by atoms with E-state index in [0.717, 1.165) is 5.56 Å². The molecule has 0 aliphatic carbocycles. The number of carbonyl (C=O) groups excluding carboxylic acids is 1. The van der Waals surface area contributed by atoms with Gasteiger partial charge in [-0.3, -0.25) is 4.79 Å². The lowest BCUT2D eigenvalue weighted by Crippen LogP contribution is -2.12. The second kappa shape index (κ2) is 5.50. The van der Waals surface area contributed by atoms with Crippen molar-refractivity contribution in [1.82, 2.24) is 4.98 Å². The van der Waals surface area contributed by atoms with Gasteiger partial charge in [0.2, 0.25) is 0 Å². The SMILES string of the molecule is Cc1ccc(C(=O)Nc2cc(Cl)cnc2Br)cc1. The number of benzene rings is 1. The number of amides is 1. The molecule has 1 N–H and O–H groups in total. The van der Waals surface area contributed by atoms with Crippen LogP contribution < -0.4 is 5.32 Å². The standard InChI is InChI=1S/C13H10BrClN2O/c1-8-2-4-9(5-3-8)13(18)17-11-6-10(15)7-16-12(11)14/h2-7H,1H3,(H,17,18). The summed E-state index contributed by atoms with van der Waals surface area (Å²) in [5, 5.41) is 3.22. The number of halogens is 2. The topological polar surface area (TPSA) is 42.0 Å². The molecule has 0 saturated heterocycles. The summed E-state index contributed by atoms with van der Waals surface area (Å²) in [6.07, 6.45) is 1.51. The Labute approximate surface area is 118 Å². The molecular formula is C13H10BrClN2O. The number of aromatic nitrogens is 1. The van der Waals surface area contributed by atoms with Gasteiger partial charge in [0.1, 0.15) is 4.60 Å². The van der Waals surface area contributed by atoms with Crippen LogP contribution in [-0.4, -0.2) is 10.9 Å². The van der Waals surface area contributed by atoms with Gasteiger partial charge >= 0.3 is 0 Å². The zero-order chi connectivity index (χ0) is 13.1. The molecule has 5 heteroatoms. The second-order valence-corrected chi connectivity index (χ2v) is 5.00. The number of aryl methyl sites for hydroxylation is 1. The molecular weight excluding hydrogens is 316 g/mol. The first-order chi connectivity index (χ1) is 8.56. The first-order valence-corrected chi connectivity index (χ1v) is 6.42. The molecule has 1 amide bonds. The number of hydrogen-bond acceptors (Lipinski definition) is 2. The van der Waals surface area contributed by atoms with E-state index in [-0.39, 0.29) is 5.91 Å². The summed E-state index contributed by atoms with van der Waals surface area (Å²) in [6, 6.07) is 8.97. The van der Waals surface area contributed by atoms with Crippen molar-refractivity contribution in [1.29, 1.82) is 0 Å². The van der Waals surface area contributed by atoms with Crippen LogP contribution in [0.5, 0.6) is 0 Å². The maximum Gasteiger partial charge on any atom is 0.255 e. The first kappa shape index (κ1) is 13.1. The fourth-order valence-corrected chi connectivity index (χ4v) is 1.88. The van der Waals surface area contributed by atoms with Crippen molar-refractivity contribution in [3.8, 4) is 0 Å². The number of nitrogens with zero attached hydrogens (tertiary/aromatic N) is 1. The van der Waals surface area contributed by atoms with Crippen LogP contribution in [0.4, 0.5) is 5.69 Å². The normalized spacial score (nSPS) is 10.2. The number of rotatable bonds is 2. The zero-order valence-electron chi connectivity index (χ0n) is 9.58. The predicted octanol–water partition coefficient (Wildman–Crippen LogP) is 4.06. The average Bonchev–Trinajstić information content (AvgIpc) is 2.34. The van der Waals surface area contributed by atoms with Gasteiger partial charge in [0.25, 0.3) is 5.91 Å². The lowest BCUT2D eigenvalue weighted by Gasteiger charge is -2.07. The maximum absolute atomic E-state index is 12.0. The molecule has 2 rings (SSSR count). The third-order valence-electron chi connectivity index (χ3n) is 2.37. The van der Waals surface area contributed by atoms with E-state index in [2.05, 4.69) is 26.2 Å². The molecule has 0 atom stereocenters. The van der Waals surface area contributed by atoms with E-state index in [1.807, 2.05) is 19.1 Å². The Morgan fingerprint density at radius 3 is 2.67 bits per heavy atom. The van der Waals surface area contributed by atoms with Crippen LogP contribution in [0.1, 0.15) is 15.9 Å². The molecule has 1 aromatic heterocycles. The Balaban J connectivity index is 2.21. The lowest BCUT2D eigenvalue weighted by molar-refractivity contribution is 0.102. The van der Waals surface area contributed by atoms with Crippen LogP contribution in [0.25, 0.3) is 0 Å². The van der Waals surface area contributed by atoms with E-state index in [4.69, 9.17) is 11.6 Å². The van der Waals surface area contributed by atoms with E-state index >= 15 is 0 Å². The van der Waals surface area contributed by atoms with Gasteiger partial charge in [0, 0.05) is 11.8 Å². The minimum absolute atomic E-state index is 0.195. The van der Waals surface area contributed by atoms with Gasteiger partial charge in [-0.25, -0.2) is 4.98 Å². The highest BCUT2D eigenvalue weighted by molar-refractivity contribution is 9.10. The number of anilines is 1. The Morgan fingerprint density at radius 1 is 1.33 bits per heavy atom. The molecule has 92 valence electrons. The average molecular weight is 326 g/mol. The number of nitrogens with one attached hydrogen (secondary N) is 1. The summed E-state index contributed by atoms with van der Waals surface area (Å²) in [5.41, 5.74) is 2.25. The highest BCUT2D eigenvalue weighted by Crippen LogP contribution is 2.23. The van der Waals surface area contributed by atoms with Gasteiger partial charge in [-0.1, -0.05) is 29.3 Å². The molecule has 0 fully saturated rings. The molecule has 0 radical (unpaired) electrons. The lowest BCUT2D eigenvalue weighted by atomic mass is 10.1. The van der Waals surface area contributed by atoms with Crippen molar-refractivity contribution in [3.63, 3.8) is 0 Å². The predicted molar refractivity (Wildman–Crippen MR) is 76.1 cm³/mol. The second-order valence-electron chi connectivity index (χ2n) is 3.81. The third kappa shape index (κ3) is 3.09. The van der Waals surface area contributed by atoms with Gasteiger partial charge in [0.05, 0.1) is 10.7 Å². The summed E-state index contributed by atoms with van der Waals surface area (Å²) in [4.78, 5) is 16.0. The number of pyridine rings is 1. The minimum atomic E-state index is -0.195. The van der Waals surface area contributed by atoms with Gasteiger partial charge in [0.15, 0.2) is 0 Å². The van der Waals surface area contributed by atoms with Gasteiger partial charge in [-0.15, -0.1) is 0 Å². The summed E-state index contributed by atoms with van der Waals surface area (Å²) in [6.45, 7) is 1.97. The fraction of sp³-hybridized carbons (Fsp3) is 0.0769. The van der Waals surface area contributed by atoms with Gasteiger partial charge in [-0.05, 0) is 41.1 Å². The van der Waals surface area contributed by atoms with Crippen LogP contribution in [-0.2, 0) is 0 Å². The highest BCUT2D eigenvalue weighted by Gasteiger charge is 2.09. The fourth-order valence-electron chi connectivity index (χ4n) is 1.41. The highest BCUT2D eigenvalue weighted by atomic mass is 79.9. The Bertz CT molecular complexity index is 584. The van der Waals surface area contributed by atoms with Crippen LogP contribution in [0.15, 0.2) is 41.1 Å². The zero-order valence-corrected chi connectivity index (χ0v) is 11.9. The Hall–Kier alpha value is -1.39. The summed E-state index contributed by atoms with van der Waals surface area (Å²) in [7, 11) is 0. The molecule has 0 saturated carbocycles. The summed E-state index contributed by atoms with van der Waals surface area (Å²) in [5.74, 6) is -0.195. The van der Waals surface area contributed by atoms with Crippen LogP contribution in [0.3, 0.4) is 0 Å². The Morgan fingerprint density at radius 2 is 2.00 bits per heavy atom. The van der Waals surface area contributed by atoms with E-state index in [9.17, 15) is 4.79 Å².